The number of para-hydroxylation sites is 1. The number of aliphatic hydroxyl groups is 1. The molecule has 0 bridgehead atoms. The van der Waals surface area contributed by atoms with E-state index in [1.54, 1.807) is 0 Å². The van der Waals surface area contributed by atoms with Crippen LogP contribution in [0.3, 0.4) is 0 Å². The van der Waals surface area contributed by atoms with Gasteiger partial charge in [-0.25, -0.2) is 0 Å². The zero-order valence-corrected chi connectivity index (χ0v) is 11.1. The van der Waals surface area contributed by atoms with Crippen LogP contribution in [0.15, 0.2) is 24.3 Å². The molecule has 1 amide bonds. The molecule has 0 aliphatic carbocycles. The molecule has 1 aromatic rings. The lowest BCUT2D eigenvalue weighted by atomic mass is 9.99. The third-order valence-electron chi connectivity index (χ3n) is 2.64. The van der Waals surface area contributed by atoms with E-state index in [-0.39, 0.29) is 12.0 Å². The number of carbonyl (C=O) groups excluding carboxylic acids is 1. The van der Waals surface area contributed by atoms with Crippen molar-refractivity contribution in [2.45, 2.75) is 39.4 Å². The first-order valence-corrected chi connectivity index (χ1v) is 6.35. The maximum absolute atomic E-state index is 10.8. The standard InChI is InChI=1S/C12H15NO3.C2H6/c1-8(14)13-7-9-6-11(15)10-4-2-3-5-12(10)16-9;1-2/h2-5,9,11,15H,6-7H2,1H3,(H,13,14);1-2H3. The maximum Gasteiger partial charge on any atom is 0.217 e. The van der Waals surface area contributed by atoms with Crippen molar-refractivity contribution in [2.24, 2.45) is 0 Å². The van der Waals surface area contributed by atoms with Gasteiger partial charge in [0, 0.05) is 18.9 Å². The van der Waals surface area contributed by atoms with Gasteiger partial charge in [0.1, 0.15) is 11.9 Å². The summed E-state index contributed by atoms with van der Waals surface area (Å²) in [6.07, 6.45) is -0.158. The minimum Gasteiger partial charge on any atom is -0.488 e. The van der Waals surface area contributed by atoms with Crippen molar-refractivity contribution >= 4 is 5.91 Å². The summed E-state index contributed by atoms with van der Waals surface area (Å²) >= 11 is 0. The topological polar surface area (TPSA) is 58.6 Å². The van der Waals surface area contributed by atoms with Crippen LogP contribution in [0.25, 0.3) is 0 Å². The Hall–Kier alpha value is -1.55. The molecule has 1 aromatic carbocycles. The van der Waals surface area contributed by atoms with E-state index in [4.69, 9.17) is 4.74 Å². The predicted octanol–water partition coefficient (Wildman–Crippen LogP) is 2.03. The lowest BCUT2D eigenvalue weighted by Gasteiger charge is -2.29. The summed E-state index contributed by atoms with van der Waals surface area (Å²) in [4.78, 5) is 10.8. The van der Waals surface area contributed by atoms with Gasteiger partial charge in [-0.1, -0.05) is 32.0 Å². The minimum atomic E-state index is -0.510. The van der Waals surface area contributed by atoms with Gasteiger partial charge in [0.2, 0.25) is 5.91 Å². The molecule has 0 radical (unpaired) electrons. The van der Waals surface area contributed by atoms with Crippen molar-refractivity contribution < 1.29 is 14.6 Å². The van der Waals surface area contributed by atoms with Gasteiger partial charge in [-0.2, -0.15) is 0 Å². The number of rotatable bonds is 2. The van der Waals surface area contributed by atoms with E-state index in [9.17, 15) is 9.90 Å². The van der Waals surface area contributed by atoms with E-state index >= 15 is 0 Å². The van der Waals surface area contributed by atoms with E-state index in [0.29, 0.717) is 18.7 Å². The van der Waals surface area contributed by atoms with Crippen molar-refractivity contribution in [2.75, 3.05) is 6.54 Å². The van der Waals surface area contributed by atoms with Crippen LogP contribution in [0.5, 0.6) is 5.75 Å². The molecule has 2 unspecified atom stereocenters. The van der Waals surface area contributed by atoms with E-state index in [1.165, 1.54) is 6.92 Å². The van der Waals surface area contributed by atoms with Crippen LogP contribution in [0.1, 0.15) is 38.9 Å². The van der Waals surface area contributed by atoms with Gasteiger partial charge in [-0.15, -0.1) is 0 Å². The second-order valence-corrected chi connectivity index (χ2v) is 3.97. The Morgan fingerprint density at radius 1 is 1.44 bits per heavy atom. The molecule has 2 rings (SSSR count). The monoisotopic (exact) mass is 251 g/mol. The summed E-state index contributed by atoms with van der Waals surface area (Å²) in [7, 11) is 0. The molecule has 1 aliphatic rings. The molecule has 100 valence electrons. The molecule has 18 heavy (non-hydrogen) atoms. The molecule has 4 heteroatoms. The average Bonchev–Trinajstić information content (AvgIpc) is 2.39. The number of carbonyl (C=O) groups is 1. The number of nitrogens with one attached hydrogen (secondary N) is 1. The number of amides is 1. The van der Waals surface area contributed by atoms with Crippen molar-refractivity contribution in [3.05, 3.63) is 29.8 Å². The number of hydrogen-bond acceptors (Lipinski definition) is 3. The van der Waals surface area contributed by atoms with Crippen LogP contribution < -0.4 is 10.1 Å². The molecule has 1 heterocycles. The van der Waals surface area contributed by atoms with Crippen LogP contribution >= 0.6 is 0 Å². The fraction of sp³-hybridized carbons (Fsp3) is 0.500. The van der Waals surface area contributed by atoms with E-state index in [2.05, 4.69) is 5.32 Å². The third kappa shape index (κ3) is 3.74. The van der Waals surface area contributed by atoms with Gasteiger partial charge in [0.15, 0.2) is 0 Å². The Kier molecular flexibility index (Phi) is 5.65. The third-order valence-corrected chi connectivity index (χ3v) is 2.64. The predicted molar refractivity (Wildman–Crippen MR) is 70.5 cm³/mol. The normalized spacial score (nSPS) is 20.9. The number of benzene rings is 1. The maximum atomic E-state index is 10.8. The Morgan fingerprint density at radius 2 is 2.11 bits per heavy atom. The van der Waals surface area contributed by atoms with Crippen LogP contribution in [0, 0.1) is 0 Å². The Bertz CT molecular complexity index is 392. The SMILES string of the molecule is CC.CC(=O)NCC1CC(O)c2ccccc2O1. The Morgan fingerprint density at radius 3 is 2.78 bits per heavy atom. The molecule has 1 aliphatic heterocycles. The fourth-order valence-corrected chi connectivity index (χ4v) is 1.85. The molecule has 0 saturated carbocycles. The summed E-state index contributed by atoms with van der Waals surface area (Å²) < 4.78 is 5.68. The summed E-state index contributed by atoms with van der Waals surface area (Å²) in [5, 5.41) is 12.6. The highest BCUT2D eigenvalue weighted by Crippen LogP contribution is 2.33. The van der Waals surface area contributed by atoms with E-state index < -0.39 is 6.10 Å². The van der Waals surface area contributed by atoms with Gasteiger partial charge in [0.05, 0.1) is 12.6 Å². The highest BCUT2D eigenvalue weighted by Gasteiger charge is 2.26. The molecule has 2 N–H and O–H groups in total. The van der Waals surface area contributed by atoms with Gasteiger partial charge in [-0.05, 0) is 6.07 Å². The first-order chi connectivity index (χ1) is 8.66. The molecule has 0 fully saturated rings. The van der Waals surface area contributed by atoms with Crippen LogP contribution in [-0.2, 0) is 4.79 Å². The van der Waals surface area contributed by atoms with E-state index in [1.807, 2.05) is 38.1 Å². The highest BCUT2D eigenvalue weighted by molar-refractivity contribution is 5.72. The molecule has 0 spiro atoms. The molecule has 0 aromatic heterocycles. The van der Waals surface area contributed by atoms with Gasteiger partial charge in [0.25, 0.3) is 0 Å². The lowest BCUT2D eigenvalue weighted by molar-refractivity contribution is -0.119. The summed E-state index contributed by atoms with van der Waals surface area (Å²) in [6.45, 7) is 5.90. The average molecular weight is 251 g/mol. The highest BCUT2D eigenvalue weighted by atomic mass is 16.5. The smallest absolute Gasteiger partial charge is 0.217 e. The Balaban J connectivity index is 0.000000771. The lowest BCUT2D eigenvalue weighted by Crippen LogP contribution is -2.37. The second-order valence-electron chi connectivity index (χ2n) is 3.97. The van der Waals surface area contributed by atoms with Crippen molar-refractivity contribution in [1.29, 1.82) is 0 Å². The van der Waals surface area contributed by atoms with Gasteiger partial charge in [-0.3, -0.25) is 4.79 Å². The van der Waals surface area contributed by atoms with Gasteiger partial charge >= 0.3 is 0 Å². The fourth-order valence-electron chi connectivity index (χ4n) is 1.85. The summed E-state index contributed by atoms with van der Waals surface area (Å²) in [6, 6.07) is 7.43. The summed E-state index contributed by atoms with van der Waals surface area (Å²) in [5.41, 5.74) is 0.821. The van der Waals surface area contributed by atoms with Crippen molar-refractivity contribution in [3.63, 3.8) is 0 Å². The van der Waals surface area contributed by atoms with Crippen LogP contribution in [0.4, 0.5) is 0 Å². The first-order valence-electron chi connectivity index (χ1n) is 6.35. The van der Waals surface area contributed by atoms with E-state index in [0.717, 1.165) is 5.56 Å². The van der Waals surface area contributed by atoms with Crippen LogP contribution in [0.2, 0.25) is 0 Å². The van der Waals surface area contributed by atoms with Crippen molar-refractivity contribution in [1.82, 2.24) is 5.32 Å². The largest absolute Gasteiger partial charge is 0.488 e. The van der Waals surface area contributed by atoms with Crippen molar-refractivity contribution in [3.8, 4) is 5.75 Å². The zero-order chi connectivity index (χ0) is 13.5. The molecule has 0 saturated heterocycles. The first kappa shape index (κ1) is 14.5. The number of fused-ring (bicyclic) bond motifs is 1. The number of hydrogen-bond donors (Lipinski definition) is 2. The van der Waals surface area contributed by atoms with Gasteiger partial charge < -0.3 is 15.2 Å². The minimum absolute atomic E-state index is 0.0862. The number of aliphatic hydroxyl groups excluding tert-OH is 1. The molecular weight excluding hydrogens is 230 g/mol. The number of ether oxygens (including phenoxy) is 1. The molecular formula is C14H21NO3. The molecule has 4 nitrogen and oxygen atoms in total. The summed E-state index contributed by atoms with van der Waals surface area (Å²) in [5.74, 6) is 0.619. The second kappa shape index (κ2) is 7.01. The zero-order valence-electron chi connectivity index (χ0n) is 11.1. The van der Waals surface area contributed by atoms with Crippen LogP contribution in [-0.4, -0.2) is 23.7 Å². The quantitative estimate of drug-likeness (QED) is 0.845. The molecule has 2 atom stereocenters. The Labute approximate surface area is 108 Å².